The number of anilines is 1. The molecule has 0 bridgehead atoms. The highest BCUT2D eigenvalue weighted by molar-refractivity contribution is 7.89. The van der Waals surface area contributed by atoms with Crippen molar-refractivity contribution in [2.45, 2.75) is 55.4 Å². The normalized spacial score (nSPS) is 16.1. The summed E-state index contributed by atoms with van der Waals surface area (Å²) in [4.78, 5) is 8.23. The van der Waals surface area contributed by atoms with E-state index in [4.69, 9.17) is 0 Å². The number of hydrogen-bond donors (Lipinski definition) is 1. The van der Waals surface area contributed by atoms with E-state index in [0.29, 0.717) is 30.5 Å². The van der Waals surface area contributed by atoms with Crippen molar-refractivity contribution in [3.05, 3.63) is 83.9 Å². The molecule has 0 unspecified atom stereocenters. The van der Waals surface area contributed by atoms with Crippen LogP contribution in [0, 0.1) is 5.82 Å². The molecule has 39 heavy (non-hydrogen) atoms. The number of nitrogens with one attached hydrogen (secondary N) is 1. The van der Waals surface area contributed by atoms with Gasteiger partial charge in [0.1, 0.15) is 18.0 Å². The van der Waals surface area contributed by atoms with Crippen LogP contribution in [-0.2, 0) is 22.7 Å². The summed E-state index contributed by atoms with van der Waals surface area (Å²) in [7, 11) is -4.31. The average Bonchev–Trinajstić information content (AvgIpc) is 3.84. The van der Waals surface area contributed by atoms with Crippen molar-refractivity contribution >= 4 is 26.7 Å². The fourth-order valence-electron chi connectivity index (χ4n) is 4.56. The van der Waals surface area contributed by atoms with Gasteiger partial charge in [-0.1, -0.05) is 18.2 Å². The molecule has 2 fully saturated rings. The molecule has 3 aromatic carbocycles. The van der Waals surface area contributed by atoms with E-state index in [1.807, 2.05) is 18.2 Å². The number of aromatic nitrogens is 2. The molecule has 0 spiro atoms. The maximum absolute atomic E-state index is 15.0. The smallest absolute Gasteiger partial charge is 0.367 e. The zero-order valence-electron chi connectivity index (χ0n) is 20.6. The number of sulfonamides is 1. The van der Waals surface area contributed by atoms with Crippen molar-refractivity contribution in [3.8, 4) is 11.1 Å². The van der Waals surface area contributed by atoms with Gasteiger partial charge in [-0.3, -0.25) is 0 Å². The number of nitrogens with zero attached hydrogens (tertiary/aromatic N) is 3. The van der Waals surface area contributed by atoms with Gasteiger partial charge in [0.15, 0.2) is 0 Å². The van der Waals surface area contributed by atoms with Gasteiger partial charge in [0.2, 0.25) is 10.0 Å². The molecule has 6 rings (SSSR count). The molecule has 6 nitrogen and oxygen atoms in total. The predicted molar refractivity (Wildman–Crippen MR) is 139 cm³/mol. The van der Waals surface area contributed by atoms with Crippen LogP contribution in [0.2, 0.25) is 0 Å². The molecule has 2 aliphatic rings. The van der Waals surface area contributed by atoms with Crippen LogP contribution >= 0.6 is 0 Å². The molecule has 1 heterocycles. The SMILES string of the molecule is O=S(=O)(c1cccc(C(F)(F)F)c1)N(Cc1cc(-c2ccc3ncnc(NC4CC4)c3c2)ccc1F)C1CC1. The Morgan fingerprint density at radius 1 is 0.923 bits per heavy atom. The van der Waals surface area contributed by atoms with Crippen molar-refractivity contribution in [1.82, 2.24) is 14.3 Å². The Labute approximate surface area is 222 Å². The lowest BCUT2D eigenvalue weighted by atomic mass is 10.0. The molecule has 1 aromatic heterocycles. The highest BCUT2D eigenvalue weighted by atomic mass is 32.2. The Bertz CT molecular complexity index is 1670. The summed E-state index contributed by atoms with van der Waals surface area (Å²) in [5, 5.41) is 4.21. The highest BCUT2D eigenvalue weighted by Crippen LogP contribution is 2.37. The summed E-state index contributed by atoms with van der Waals surface area (Å²) in [6, 6.07) is 13.7. The lowest BCUT2D eigenvalue weighted by Crippen LogP contribution is -2.33. The molecule has 1 N–H and O–H groups in total. The standard InChI is InChI=1S/C28H24F4N4O2S/c29-25-10-4-17(18-5-11-26-24(13-18)27(34-16-33-26)35-21-6-7-21)12-19(25)15-36(22-8-9-22)39(37,38)23-3-1-2-20(14-23)28(30,31)32/h1-5,10-14,16,21-22H,6-9,15H2,(H,33,34,35). The van der Waals surface area contributed by atoms with Crippen LogP contribution in [0.3, 0.4) is 0 Å². The zero-order valence-corrected chi connectivity index (χ0v) is 21.4. The highest BCUT2D eigenvalue weighted by Gasteiger charge is 2.40. The van der Waals surface area contributed by atoms with E-state index in [1.165, 1.54) is 12.4 Å². The van der Waals surface area contributed by atoms with Gasteiger partial charge in [0.05, 0.1) is 16.0 Å². The number of alkyl halides is 3. The lowest BCUT2D eigenvalue weighted by molar-refractivity contribution is -0.137. The summed E-state index contributed by atoms with van der Waals surface area (Å²) < 4.78 is 82.8. The lowest BCUT2D eigenvalue weighted by Gasteiger charge is -2.23. The van der Waals surface area contributed by atoms with Gasteiger partial charge in [-0.15, -0.1) is 0 Å². The third-order valence-electron chi connectivity index (χ3n) is 6.98. The van der Waals surface area contributed by atoms with Crippen molar-refractivity contribution in [2.75, 3.05) is 5.32 Å². The summed E-state index contributed by atoms with van der Waals surface area (Å²) in [6.07, 6.45) is 0.0814. The quantitative estimate of drug-likeness (QED) is 0.255. The van der Waals surface area contributed by atoms with Gasteiger partial charge >= 0.3 is 6.18 Å². The van der Waals surface area contributed by atoms with Gasteiger partial charge in [0.25, 0.3) is 0 Å². The molecule has 0 amide bonds. The van der Waals surface area contributed by atoms with E-state index in [0.717, 1.165) is 57.6 Å². The van der Waals surface area contributed by atoms with Crippen LogP contribution in [0.5, 0.6) is 0 Å². The molecule has 0 aliphatic heterocycles. The summed E-state index contributed by atoms with van der Waals surface area (Å²) in [5.74, 6) is 0.127. The molecule has 4 aromatic rings. The Balaban J connectivity index is 1.34. The zero-order chi connectivity index (χ0) is 27.4. The second kappa shape index (κ2) is 9.56. The van der Waals surface area contributed by atoms with Gasteiger partial charge in [-0.05, 0) is 79.3 Å². The van der Waals surface area contributed by atoms with Gasteiger partial charge < -0.3 is 5.32 Å². The first kappa shape index (κ1) is 25.7. The first-order chi connectivity index (χ1) is 18.6. The maximum Gasteiger partial charge on any atom is 0.416 e. The van der Waals surface area contributed by atoms with Gasteiger partial charge in [-0.25, -0.2) is 22.8 Å². The van der Waals surface area contributed by atoms with Crippen LogP contribution in [0.4, 0.5) is 23.4 Å². The van der Waals surface area contributed by atoms with Crippen molar-refractivity contribution < 1.29 is 26.0 Å². The fraction of sp³-hybridized carbons (Fsp3) is 0.286. The van der Waals surface area contributed by atoms with Crippen molar-refractivity contribution in [2.24, 2.45) is 0 Å². The third-order valence-corrected chi connectivity index (χ3v) is 8.88. The summed E-state index contributed by atoms with van der Waals surface area (Å²) >= 11 is 0. The largest absolute Gasteiger partial charge is 0.416 e. The number of fused-ring (bicyclic) bond motifs is 1. The summed E-state index contributed by atoms with van der Waals surface area (Å²) in [5.41, 5.74) is 1.28. The van der Waals surface area contributed by atoms with E-state index in [9.17, 15) is 21.6 Å². The number of rotatable bonds is 8. The van der Waals surface area contributed by atoms with Crippen LogP contribution in [-0.4, -0.2) is 34.8 Å². The topological polar surface area (TPSA) is 75.2 Å². The van der Waals surface area contributed by atoms with E-state index >= 15 is 4.39 Å². The number of halogens is 4. The molecule has 2 saturated carbocycles. The van der Waals surface area contributed by atoms with Crippen LogP contribution in [0.15, 0.2) is 71.9 Å². The molecular formula is C28H24F4N4O2S. The molecule has 202 valence electrons. The van der Waals surface area contributed by atoms with Gasteiger partial charge in [0, 0.05) is 29.6 Å². The van der Waals surface area contributed by atoms with Crippen molar-refractivity contribution in [1.29, 1.82) is 0 Å². The second-order valence-electron chi connectivity index (χ2n) is 9.99. The first-order valence-electron chi connectivity index (χ1n) is 12.6. The fourth-order valence-corrected chi connectivity index (χ4v) is 6.27. The van der Waals surface area contributed by atoms with E-state index < -0.39 is 38.5 Å². The molecule has 0 atom stereocenters. The van der Waals surface area contributed by atoms with Crippen LogP contribution in [0.25, 0.3) is 22.0 Å². The molecule has 0 saturated heterocycles. The minimum absolute atomic E-state index is 0.135. The van der Waals surface area contributed by atoms with E-state index in [1.54, 1.807) is 12.1 Å². The van der Waals surface area contributed by atoms with E-state index in [-0.39, 0.29) is 12.1 Å². The number of hydrogen-bond acceptors (Lipinski definition) is 5. The Morgan fingerprint density at radius 3 is 2.38 bits per heavy atom. The minimum atomic E-state index is -4.69. The van der Waals surface area contributed by atoms with Crippen LogP contribution in [0.1, 0.15) is 36.8 Å². The first-order valence-corrected chi connectivity index (χ1v) is 14.0. The predicted octanol–water partition coefficient (Wildman–Crippen LogP) is 6.38. The molecule has 0 radical (unpaired) electrons. The minimum Gasteiger partial charge on any atom is -0.367 e. The van der Waals surface area contributed by atoms with E-state index in [2.05, 4.69) is 15.3 Å². The Kier molecular flexibility index (Phi) is 6.30. The van der Waals surface area contributed by atoms with Gasteiger partial charge in [-0.2, -0.15) is 17.5 Å². The summed E-state index contributed by atoms with van der Waals surface area (Å²) in [6.45, 7) is -0.298. The Hall–Kier alpha value is -3.57. The second-order valence-corrected chi connectivity index (χ2v) is 11.9. The van der Waals surface area contributed by atoms with Crippen molar-refractivity contribution in [3.63, 3.8) is 0 Å². The molecule has 2 aliphatic carbocycles. The number of benzene rings is 3. The molecule has 11 heteroatoms. The monoisotopic (exact) mass is 556 g/mol. The van der Waals surface area contributed by atoms with Crippen LogP contribution < -0.4 is 5.32 Å². The maximum atomic E-state index is 15.0. The Morgan fingerprint density at radius 2 is 1.67 bits per heavy atom. The molecular weight excluding hydrogens is 532 g/mol. The average molecular weight is 557 g/mol. The third kappa shape index (κ3) is 5.33.